The molecule has 2 nitrogen and oxygen atoms in total. The fourth-order valence-electron chi connectivity index (χ4n) is 1.26. The van der Waals surface area contributed by atoms with Gasteiger partial charge in [-0.25, -0.2) is 4.39 Å². The number of unbranched alkanes of at least 4 members (excludes halogenated alkanes) is 3. The second-order valence-corrected chi connectivity index (χ2v) is 5.54. The van der Waals surface area contributed by atoms with E-state index in [1.54, 1.807) is 0 Å². The molecule has 0 amide bonds. The first-order valence-corrected chi connectivity index (χ1v) is 6.43. The third kappa shape index (κ3) is 9.23. The predicted molar refractivity (Wildman–Crippen MR) is 60.8 cm³/mol. The summed E-state index contributed by atoms with van der Waals surface area (Å²) in [5.41, 5.74) is 0. The number of aliphatic carboxylic acids is 1. The topological polar surface area (TPSA) is 40.1 Å². The Bertz CT molecular complexity index is 205. The van der Waals surface area contributed by atoms with Crippen LogP contribution in [0.5, 0.6) is 0 Å². The van der Waals surface area contributed by atoms with Crippen LogP contribution in [0, 0.1) is 0 Å². The van der Waals surface area contributed by atoms with Crippen LogP contribution >= 0.6 is 27.5 Å². The Labute approximate surface area is 132 Å². The van der Waals surface area contributed by atoms with E-state index in [9.17, 15) is 14.3 Å². The van der Waals surface area contributed by atoms with Crippen LogP contribution in [0.15, 0.2) is 0 Å². The molecule has 0 aliphatic carbocycles. The quantitative estimate of drug-likeness (QED) is 0.351. The Morgan fingerprint density at radius 3 is 2.50 bits per heavy atom. The molecule has 0 aliphatic rings. The molecule has 0 radical (unpaired) electrons. The zero-order chi connectivity index (χ0) is 11.9. The molecule has 0 spiro atoms. The van der Waals surface area contributed by atoms with E-state index in [-0.39, 0.29) is 40.8 Å². The van der Waals surface area contributed by atoms with Crippen molar-refractivity contribution in [2.45, 2.75) is 55.4 Å². The molecular formula is C10H16BrClFNaO2. The first-order valence-electron chi connectivity index (χ1n) is 5.13. The molecule has 0 aliphatic heterocycles. The zero-order valence-electron chi connectivity index (χ0n) is 9.77. The molecule has 90 valence electrons. The molecule has 0 aromatic carbocycles. The summed E-state index contributed by atoms with van der Waals surface area (Å²) in [6.45, 7) is 2.10. The van der Waals surface area contributed by atoms with E-state index in [2.05, 4.69) is 22.9 Å². The molecule has 0 fully saturated rings. The van der Waals surface area contributed by atoms with E-state index >= 15 is 0 Å². The first-order chi connectivity index (χ1) is 6.90. The number of carboxylic acid groups (broad SMARTS) is 1. The van der Waals surface area contributed by atoms with Gasteiger partial charge < -0.3 is 9.90 Å². The van der Waals surface area contributed by atoms with Crippen molar-refractivity contribution in [2.24, 2.45) is 0 Å². The first kappa shape index (κ1) is 19.5. The van der Waals surface area contributed by atoms with Gasteiger partial charge in [-0.05, 0) is 6.42 Å². The van der Waals surface area contributed by atoms with Gasteiger partial charge in [0.05, 0.1) is 5.97 Å². The normalized spacial score (nSPS) is 16.0. The third-order valence-electron chi connectivity index (χ3n) is 2.15. The molecule has 0 rings (SSSR count). The Balaban J connectivity index is 0. The number of carboxylic acids is 1. The summed E-state index contributed by atoms with van der Waals surface area (Å²) in [5, 5.41) is 7.54. The predicted octanol–water partition coefficient (Wildman–Crippen LogP) is -0.231. The zero-order valence-corrected chi connectivity index (χ0v) is 14.1. The molecular weight excluding hydrogens is 309 g/mol. The SMILES string of the molecule is CCCCCCC(Br)CC(F)(Cl)C(=O)[O-].[Na+]. The van der Waals surface area contributed by atoms with Crippen LogP contribution in [0.2, 0.25) is 0 Å². The Hall–Kier alpha value is 1.17. The van der Waals surface area contributed by atoms with Crippen LogP contribution < -0.4 is 34.7 Å². The van der Waals surface area contributed by atoms with Gasteiger partial charge in [-0.2, -0.15) is 0 Å². The summed E-state index contributed by atoms with van der Waals surface area (Å²) in [5.74, 6) is -1.86. The molecule has 0 bridgehead atoms. The van der Waals surface area contributed by atoms with E-state index in [1.807, 2.05) is 0 Å². The molecule has 0 aromatic rings. The molecule has 0 saturated carbocycles. The Morgan fingerprint density at radius 2 is 2.06 bits per heavy atom. The Kier molecular flexibility index (Phi) is 12.3. The molecule has 0 heterocycles. The van der Waals surface area contributed by atoms with E-state index < -0.39 is 11.1 Å². The summed E-state index contributed by atoms with van der Waals surface area (Å²) < 4.78 is 13.1. The average Bonchev–Trinajstić information content (AvgIpc) is 2.11. The number of carbonyl (C=O) groups is 1. The van der Waals surface area contributed by atoms with Gasteiger partial charge in [-0.1, -0.05) is 60.1 Å². The maximum absolute atomic E-state index is 13.1. The van der Waals surface area contributed by atoms with E-state index in [4.69, 9.17) is 11.6 Å². The van der Waals surface area contributed by atoms with Crippen molar-refractivity contribution in [2.75, 3.05) is 0 Å². The van der Waals surface area contributed by atoms with Gasteiger partial charge in [0, 0.05) is 11.2 Å². The van der Waals surface area contributed by atoms with Crippen molar-refractivity contribution in [1.82, 2.24) is 0 Å². The number of alkyl halides is 3. The largest absolute Gasteiger partial charge is 1.00 e. The number of halogens is 3. The van der Waals surface area contributed by atoms with Gasteiger partial charge in [0.1, 0.15) is 0 Å². The van der Waals surface area contributed by atoms with Crippen molar-refractivity contribution in [3.63, 3.8) is 0 Å². The van der Waals surface area contributed by atoms with Gasteiger partial charge in [0.25, 0.3) is 0 Å². The minimum Gasteiger partial charge on any atom is -0.545 e. The van der Waals surface area contributed by atoms with Crippen molar-refractivity contribution in [3.8, 4) is 0 Å². The van der Waals surface area contributed by atoms with Crippen LogP contribution in [0.25, 0.3) is 0 Å². The molecule has 16 heavy (non-hydrogen) atoms. The van der Waals surface area contributed by atoms with Crippen molar-refractivity contribution >= 4 is 33.5 Å². The third-order valence-corrected chi connectivity index (χ3v) is 3.24. The molecule has 2 unspecified atom stereocenters. The number of hydrogen-bond donors (Lipinski definition) is 0. The summed E-state index contributed by atoms with van der Waals surface area (Å²) in [6, 6.07) is 0. The second kappa shape index (κ2) is 10.1. The monoisotopic (exact) mass is 324 g/mol. The number of carbonyl (C=O) groups excluding carboxylic acids is 1. The van der Waals surface area contributed by atoms with Gasteiger partial charge in [-0.3, -0.25) is 0 Å². The standard InChI is InChI=1S/C10H17BrClFO2.Na/c1-2-3-4-5-6-8(11)7-10(12,13)9(14)15;/h8H,2-7H2,1H3,(H,14,15);/q;+1/p-1. The van der Waals surface area contributed by atoms with Crippen LogP contribution in [0.1, 0.15) is 45.4 Å². The van der Waals surface area contributed by atoms with Crippen LogP contribution in [0.3, 0.4) is 0 Å². The van der Waals surface area contributed by atoms with Crippen molar-refractivity contribution in [1.29, 1.82) is 0 Å². The molecule has 0 aromatic heterocycles. The van der Waals surface area contributed by atoms with Crippen LogP contribution in [-0.4, -0.2) is 15.9 Å². The smallest absolute Gasteiger partial charge is 0.545 e. The van der Waals surface area contributed by atoms with Crippen LogP contribution in [0.4, 0.5) is 4.39 Å². The summed E-state index contributed by atoms with van der Waals surface area (Å²) in [6.07, 6.45) is 4.76. The second-order valence-electron chi connectivity index (χ2n) is 3.64. The van der Waals surface area contributed by atoms with E-state index in [1.165, 1.54) is 0 Å². The van der Waals surface area contributed by atoms with E-state index in [0.29, 0.717) is 0 Å². The number of hydrogen-bond acceptors (Lipinski definition) is 2. The number of rotatable bonds is 8. The summed E-state index contributed by atoms with van der Waals surface area (Å²) >= 11 is 8.37. The fraction of sp³-hybridized carbons (Fsp3) is 0.900. The fourth-order valence-corrected chi connectivity index (χ4v) is 2.40. The van der Waals surface area contributed by atoms with Gasteiger partial charge >= 0.3 is 29.6 Å². The van der Waals surface area contributed by atoms with E-state index in [0.717, 1.165) is 32.1 Å². The summed E-state index contributed by atoms with van der Waals surface area (Å²) in [7, 11) is 0. The minimum atomic E-state index is -2.75. The summed E-state index contributed by atoms with van der Waals surface area (Å²) in [4.78, 5) is 10.1. The van der Waals surface area contributed by atoms with Crippen molar-refractivity contribution < 1.29 is 43.8 Å². The van der Waals surface area contributed by atoms with Crippen molar-refractivity contribution in [3.05, 3.63) is 0 Å². The van der Waals surface area contributed by atoms with Crippen LogP contribution in [-0.2, 0) is 4.79 Å². The minimum absolute atomic E-state index is 0. The molecule has 6 heteroatoms. The maximum Gasteiger partial charge on any atom is 1.00 e. The molecule has 0 saturated heterocycles. The maximum atomic E-state index is 13.1. The van der Waals surface area contributed by atoms with Gasteiger partial charge in [-0.15, -0.1) is 0 Å². The Morgan fingerprint density at radius 1 is 1.50 bits per heavy atom. The van der Waals surface area contributed by atoms with Gasteiger partial charge in [0.2, 0.25) is 5.13 Å². The molecule has 0 N–H and O–H groups in total. The van der Waals surface area contributed by atoms with Gasteiger partial charge in [0.15, 0.2) is 0 Å². The molecule has 2 atom stereocenters. The average molecular weight is 326 g/mol.